The fourth-order valence-corrected chi connectivity index (χ4v) is 3.55. The van der Waals surface area contributed by atoms with E-state index < -0.39 is 0 Å². The summed E-state index contributed by atoms with van der Waals surface area (Å²) in [5, 5.41) is 1.02. The van der Waals surface area contributed by atoms with Crippen LogP contribution >= 0.6 is 22.9 Å². The molecule has 0 saturated carbocycles. The summed E-state index contributed by atoms with van der Waals surface area (Å²) in [5.74, 6) is 0.608. The molecular weight excluding hydrogens is 300 g/mol. The van der Waals surface area contributed by atoms with Crippen molar-refractivity contribution in [1.29, 1.82) is 0 Å². The second-order valence-electron chi connectivity index (χ2n) is 4.83. The van der Waals surface area contributed by atoms with Gasteiger partial charge in [-0.1, -0.05) is 29.8 Å². The highest BCUT2D eigenvalue weighted by molar-refractivity contribution is 7.15. The maximum absolute atomic E-state index is 5.94. The summed E-state index contributed by atoms with van der Waals surface area (Å²) >= 11 is 7.66. The Morgan fingerprint density at radius 2 is 1.71 bits per heavy atom. The summed E-state index contributed by atoms with van der Waals surface area (Å²) < 4.78 is 0. The van der Waals surface area contributed by atoms with Gasteiger partial charge in [-0.05, 0) is 25.5 Å². The third-order valence-corrected chi connectivity index (χ3v) is 4.62. The van der Waals surface area contributed by atoms with Crippen molar-refractivity contribution in [2.75, 3.05) is 5.88 Å². The molecular formula is C17H15ClN2S. The molecule has 0 aliphatic heterocycles. The zero-order chi connectivity index (χ0) is 14.7. The van der Waals surface area contributed by atoms with Gasteiger partial charge in [0.05, 0.1) is 5.69 Å². The van der Waals surface area contributed by atoms with Crippen molar-refractivity contribution < 1.29 is 0 Å². The van der Waals surface area contributed by atoms with Crippen LogP contribution in [0.25, 0.3) is 21.8 Å². The first-order valence-electron chi connectivity index (χ1n) is 6.81. The van der Waals surface area contributed by atoms with Gasteiger partial charge < -0.3 is 0 Å². The highest BCUT2D eigenvalue weighted by Gasteiger charge is 2.13. The Kier molecular flexibility index (Phi) is 4.32. The molecule has 4 heteroatoms. The van der Waals surface area contributed by atoms with E-state index in [0.29, 0.717) is 5.88 Å². The Hall–Kier alpha value is -1.71. The highest BCUT2D eigenvalue weighted by Crippen LogP contribution is 2.34. The normalized spacial score (nSPS) is 10.8. The molecule has 0 unspecified atom stereocenters. The molecule has 2 heterocycles. The summed E-state index contributed by atoms with van der Waals surface area (Å²) in [6.07, 6.45) is 4.43. The average Bonchev–Trinajstić information content (AvgIpc) is 2.93. The monoisotopic (exact) mass is 314 g/mol. The van der Waals surface area contributed by atoms with Crippen molar-refractivity contribution in [3.05, 3.63) is 59.2 Å². The summed E-state index contributed by atoms with van der Waals surface area (Å²) in [6, 6.07) is 12.5. The van der Waals surface area contributed by atoms with Crippen molar-refractivity contribution >= 4 is 22.9 Å². The number of nitrogens with zero attached hydrogens (tertiary/aromatic N) is 2. The number of aromatic nitrogens is 2. The lowest BCUT2D eigenvalue weighted by molar-refractivity contribution is 1.18. The van der Waals surface area contributed by atoms with E-state index in [4.69, 9.17) is 16.6 Å². The number of aryl methyl sites for hydroxylation is 2. The lowest BCUT2D eigenvalue weighted by Crippen LogP contribution is -1.87. The molecule has 0 fully saturated rings. The molecule has 2 nitrogen and oxygen atoms in total. The Balaban J connectivity index is 2.06. The van der Waals surface area contributed by atoms with E-state index in [1.807, 2.05) is 12.1 Å². The van der Waals surface area contributed by atoms with Gasteiger partial charge in [-0.15, -0.1) is 22.9 Å². The molecule has 0 radical (unpaired) electrons. The van der Waals surface area contributed by atoms with Gasteiger partial charge in [-0.3, -0.25) is 4.98 Å². The molecule has 0 aliphatic carbocycles. The summed E-state index contributed by atoms with van der Waals surface area (Å²) in [6.45, 7) is 2.09. The van der Waals surface area contributed by atoms with Crippen LogP contribution in [0.15, 0.2) is 48.8 Å². The quantitative estimate of drug-likeness (QED) is 0.636. The van der Waals surface area contributed by atoms with E-state index in [9.17, 15) is 0 Å². The zero-order valence-corrected chi connectivity index (χ0v) is 13.3. The van der Waals surface area contributed by atoms with Crippen molar-refractivity contribution in [1.82, 2.24) is 9.97 Å². The number of hydrogen-bond acceptors (Lipinski definition) is 3. The number of hydrogen-bond donors (Lipinski definition) is 0. The highest BCUT2D eigenvalue weighted by atomic mass is 35.5. The van der Waals surface area contributed by atoms with Gasteiger partial charge in [0, 0.05) is 34.3 Å². The Morgan fingerprint density at radius 3 is 2.38 bits per heavy atom. The minimum atomic E-state index is 0.608. The van der Waals surface area contributed by atoms with Crippen LogP contribution in [0.1, 0.15) is 10.4 Å². The van der Waals surface area contributed by atoms with Crippen LogP contribution in [0.5, 0.6) is 0 Å². The number of alkyl halides is 1. The lowest BCUT2D eigenvalue weighted by Gasteiger charge is -2.01. The molecule has 0 N–H and O–H groups in total. The summed E-state index contributed by atoms with van der Waals surface area (Å²) in [7, 11) is 0. The first-order chi connectivity index (χ1) is 10.3. The topological polar surface area (TPSA) is 25.8 Å². The molecule has 2 aromatic heterocycles. The largest absolute Gasteiger partial charge is 0.265 e. The average molecular weight is 315 g/mol. The minimum Gasteiger partial charge on any atom is -0.265 e. The Morgan fingerprint density at radius 1 is 1.00 bits per heavy atom. The second kappa shape index (κ2) is 6.37. The van der Waals surface area contributed by atoms with Gasteiger partial charge in [0.25, 0.3) is 0 Å². The van der Waals surface area contributed by atoms with E-state index in [1.54, 1.807) is 23.7 Å². The maximum Gasteiger partial charge on any atom is 0.124 e. The van der Waals surface area contributed by atoms with Crippen LogP contribution in [0.3, 0.4) is 0 Å². The lowest BCUT2D eigenvalue weighted by atomic mass is 10.1. The van der Waals surface area contributed by atoms with Crippen LogP contribution in [0.4, 0.5) is 0 Å². The molecule has 0 atom stereocenters. The van der Waals surface area contributed by atoms with Gasteiger partial charge in [0.2, 0.25) is 0 Å². The van der Waals surface area contributed by atoms with Crippen LogP contribution in [0, 0.1) is 6.92 Å². The van der Waals surface area contributed by atoms with E-state index >= 15 is 0 Å². The Bertz CT molecular complexity index is 720. The van der Waals surface area contributed by atoms with Crippen molar-refractivity contribution in [2.24, 2.45) is 0 Å². The fraction of sp³-hybridized carbons (Fsp3) is 0.176. The van der Waals surface area contributed by atoms with Crippen molar-refractivity contribution in [3.8, 4) is 21.8 Å². The number of benzene rings is 1. The molecule has 0 amide bonds. The van der Waals surface area contributed by atoms with E-state index in [2.05, 4.69) is 36.2 Å². The van der Waals surface area contributed by atoms with Gasteiger partial charge in [0.1, 0.15) is 5.01 Å². The SMILES string of the molecule is Cc1ccc(-c2nc(-c3ccncc3)sc2CCCl)cc1. The molecule has 0 aliphatic rings. The number of pyridine rings is 1. The van der Waals surface area contributed by atoms with Gasteiger partial charge in [-0.2, -0.15) is 0 Å². The molecule has 21 heavy (non-hydrogen) atoms. The third-order valence-electron chi connectivity index (χ3n) is 3.27. The minimum absolute atomic E-state index is 0.608. The molecule has 0 saturated heterocycles. The number of thiazole rings is 1. The van der Waals surface area contributed by atoms with E-state index in [-0.39, 0.29) is 0 Å². The first kappa shape index (κ1) is 14.2. The maximum atomic E-state index is 5.94. The molecule has 0 bridgehead atoms. The number of halogens is 1. The van der Waals surface area contributed by atoms with Crippen molar-refractivity contribution in [3.63, 3.8) is 0 Å². The van der Waals surface area contributed by atoms with Crippen LogP contribution < -0.4 is 0 Å². The van der Waals surface area contributed by atoms with E-state index in [1.165, 1.54) is 10.4 Å². The molecule has 3 rings (SSSR count). The molecule has 0 spiro atoms. The smallest absolute Gasteiger partial charge is 0.124 e. The zero-order valence-electron chi connectivity index (χ0n) is 11.7. The van der Waals surface area contributed by atoms with Crippen LogP contribution in [-0.2, 0) is 6.42 Å². The summed E-state index contributed by atoms with van der Waals surface area (Å²) in [5.41, 5.74) is 4.55. The summed E-state index contributed by atoms with van der Waals surface area (Å²) in [4.78, 5) is 10.1. The number of rotatable bonds is 4. The first-order valence-corrected chi connectivity index (χ1v) is 8.16. The second-order valence-corrected chi connectivity index (χ2v) is 6.29. The van der Waals surface area contributed by atoms with Crippen LogP contribution in [-0.4, -0.2) is 15.8 Å². The van der Waals surface area contributed by atoms with Gasteiger partial charge >= 0.3 is 0 Å². The molecule has 106 valence electrons. The fourth-order valence-electron chi connectivity index (χ4n) is 2.16. The predicted molar refractivity (Wildman–Crippen MR) is 89.9 cm³/mol. The van der Waals surface area contributed by atoms with Gasteiger partial charge in [-0.25, -0.2) is 4.98 Å². The molecule has 1 aromatic carbocycles. The third kappa shape index (κ3) is 3.14. The standard InChI is InChI=1S/C17H15ClN2S/c1-12-2-4-13(5-3-12)16-15(6-9-18)21-17(20-16)14-7-10-19-11-8-14/h2-5,7-8,10-11H,6,9H2,1H3. The van der Waals surface area contributed by atoms with Crippen molar-refractivity contribution in [2.45, 2.75) is 13.3 Å². The van der Waals surface area contributed by atoms with Crippen LogP contribution in [0.2, 0.25) is 0 Å². The Labute approximate surface area is 133 Å². The molecule has 3 aromatic rings. The predicted octanol–water partition coefficient (Wildman–Crippen LogP) is 4.96. The van der Waals surface area contributed by atoms with Gasteiger partial charge in [0.15, 0.2) is 0 Å². The van der Waals surface area contributed by atoms with E-state index in [0.717, 1.165) is 28.2 Å².